The smallest absolute Gasteiger partial charge is 0.352 e. The van der Waals surface area contributed by atoms with Crippen molar-refractivity contribution in [1.82, 2.24) is 9.59 Å². The van der Waals surface area contributed by atoms with Crippen LogP contribution in [0.2, 0.25) is 5.02 Å². The number of benzene rings is 1. The summed E-state index contributed by atoms with van der Waals surface area (Å²) in [5, 5.41) is 6.90. The van der Waals surface area contributed by atoms with E-state index in [9.17, 15) is 9.59 Å². The second kappa shape index (κ2) is 6.64. The van der Waals surface area contributed by atoms with Crippen LogP contribution in [0, 0.1) is 13.8 Å². The van der Waals surface area contributed by atoms with Crippen molar-refractivity contribution in [3.05, 3.63) is 39.4 Å². The summed E-state index contributed by atoms with van der Waals surface area (Å²) in [7, 11) is 0. The number of hydrogen-bond donors (Lipinski definition) is 1. The van der Waals surface area contributed by atoms with Gasteiger partial charge in [-0.05, 0) is 43.1 Å². The number of carbonyl (C=O) groups is 2. The Labute approximate surface area is 130 Å². The van der Waals surface area contributed by atoms with Gasteiger partial charge in [0.25, 0.3) is 5.91 Å². The summed E-state index contributed by atoms with van der Waals surface area (Å²) in [5.74, 6) is -1.05. The highest BCUT2D eigenvalue weighted by Crippen LogP contribution is 2.22. The van der Waals surface area contributed by atoms with Crippen LogP contribution < -0.4 is 5.32 Å². The number of aryl methyl sites for hydroxylation is 1. The first-order valence-electron chi connectivity index (χ1n) is 6.00. The minimum Gasteiger partial charge on any atom is -0.451 e. The van der Waals surface area contributed by atoms with E-state index in [1.165, 1.54) is 0 Å². The molecule has 1 amide bonds. The molecule has 8 heteroatoms. The Balaban J connectivity index is 1.92. The molecule has 1 N–H and O–H groups in total. The minimum atomic E-state index is -0.611. The van der Waals surface area contributed by atoms with Gasteiger partial charge in [-0.15, -0.1) is 5.10 Å². The second-order valence-electron chi connectivity index (χ2n) is 4.22. The predicted octanol–water partition coefficient (Wildman–Crippen LogP) is 2.60. The Morgan fingerprint density at radius 2 is 2.14 bits per heavy atom. The molecule has 0 unspecified atom stereocenters. The monoisotopic (exact) mass is 325 g/mol. The molecule has 0 radical (unpaired) electrons. The van der Waals surface area contributed by atoms with E-state index in [1.54, 1.807) is 32.0 Å². The van der Waals surface area contributed by atoms with Crippen molar-refractivity contribution in [1.29, 1.82) is 0 Å². The average Bonchev–Trinajstić information content (AvgIpc) is 2.87. The first-order valence-corrected chi connectivity index (χ1v) is 7.15. The SMILES string of the molecule is Cc1nnsc1C(=O)OCC(=O)Nc1cccc(Cl)c1C. The van der Waals surface area contributed by atoms with Crippen molar-refractivity contribution >= 4 is 40.7 Å². The van der Waals surface area contributed by atoms with Gasteiger partial charge in [-0.25, -0.2) is 4.79 Å². The molecule has 21 heavy (non-hydrogen) atoms. The summed E-state index contributed by atoms with van der Waals surface area (Å²) in [4.78, 5) is 23.8. The van der Waals surface area contributed by atoms with Gasteiger partial charge in [-0.1, -0.05) is 22.2 Å². The Kier molecular flexibility index (Phi) is 4.87. The van der Waals surface area contributed by atoms with E-state index in [4.69, 9.17) is 16.3 Å². The third-order valence-corrected chi connectivity index (χ3v) is 3.93. The third-order valence-electron chi connectivity index (χ3n) is 2.71. The standard InChI is InChI=1S/C13H12ClN3O3S/c1-7-9(14)4-3-5-10(7)15-11(18)6-20-13(19)12-8(2)16-17-21-12/h3-5H,6H2,1-2H3,(H,15,18). The molecule has 2 rings (SSSR count). The molecule has 0 fully saturated rings. The highest BCUT2D eigenvalue weighted by atomic mass is 35.5. The molecule has 0 saturated carbocycles. The maximum Gasteiger partial charge on any atom is 0.352 e. The van der Waals surface area contributed by atoms with Crippen LogP contribution in [0.5, 0.6) is 0 Å². The van der Waals surface area contributed by atoms with Crippen LogP contribution in [0.4, 0.5) is 5.69 Å². The number of nitrogens with one attached hydrogen (secondary N) is 1. The molecule has 0 spiro atoms. The first-order chi connectivity index (χ1) is 9.99. The highest BCUT2D eigenvalue weighted by Gasteiger charge is 2.16. The van der Waals surface area contributed by atoms with Crippen LogP contribution in [0.25, 0.3) is 0 Å². The number of ether oxygens (including phenoxy) is 1. The topological polar surface area (TPSA) is 81.2 Å². The van der Waals surface area contributed by atoms with Gasteiger partial charge < -0.3 is 10.1 Å². The van der Waals surface area contributed by atoms with Gasteiger partial charge >= 0.3 is 5.97 Å². The number of rotatable bonds is 4. The number of aromatic nitrogens is 2. The Hall–Kier alpha value is -1.99. The number of amides is 1. The van der Waals surface area contributed by atoms with Crippen LogP contribution >= 0.6 is 23.1 Å². The van der Waals surface area contributed by atoms with Crippen molar-refractivity contribution in [2.45, 2.75) is 13.8 Å². The van der Waals surface area contributed by atoms with Crippen molar-refractivity contribution in [3.8, 4) is 0 Å². The number of hydrogen-bond acceptors (Lipinski definition) is 6. The fourth-order valence-electron chi connectivity index (χ4n) is 1.54. The number of carbonyl (C=O) groups excluding carboxylic acids is 2. The Morgan fingerprint density at radius 3 is 2.81 bits per heavy atom. The third kappa shape index (κ3) is 3.77. The lowest BCUT2D eigenvalue weighted by Gasteiger charge is -2.09. The molecule has 110 valence electrons. The summed E-state index contributed by atoms with van der Waals surface area (Å²) in [6.07, 6.45) is 0. The zero-order chi connectivity index (χ0) is 15.4. The maximum atomic E-state index is 11.8. The molecule has 0 bridgehead atoms. The zero-order valence-corrected chi connectivity index (χ0v) is 12.9. The van der Waals surface area contributed by atoms with Crippen LogP contribution in [0.3, 0.4) is 0 Å². The summed E-state index contributed by atoms with van der Waals surface area (Å²) < 4.78 is 8.55. The number of halogens is 1. The predicted molar refractivity (Wildman–Crippen MR) is 79.7 cm³/mol. The minimum absolute atomic E-state index is 0.293. The lowest BCUT2D eigenvalue weighted by atomic mass is 10.2. The molecule has 1 aromatic carbocycles. The van der Waals surface area contributed by atoms with Gasteiger partial charge in [0.1, 0.15) is 0 Å². The summed E-state index contributed by atoms with van der Waals surface area (Å²) in [6, 6.07) is 5.17. The van der Waals surface area contributed by atoms with Gasteiger partial charge in [0.05, 0.1) is 5.69 Å². The fourth-order valence-corrected chi connectivity index (χ4v) is 2.27. The van der Waals surface area contributed by atoms with Gasteiger partial charge in [0.15, 0.2) is 11.5 Å². The molecule has 0 aliphatic carbocycles. The summed E-state index contributed by atoms with van der Waals surface area (Å²) in [5.41, 5.74) is 1.82. The van der Waals surface area contributed by atoms with E-state index in [2.05, 4.69) is 14.9 Å². The van der Waals surface area contributed by atoms with Crippen LogP contribution in [-0.2, 0) is 9.53 Å². The molecule has 2 aromatic rings. The van der Waals surface area contributed by atoms with E-state index >= 15 is 0 Å². The van der Waals surface area contributed by atoms with E-state index in [0.717, 1.165) is 17.1 Å². The van der Waals surface area contributed by atoms with Crippen LogP contribution in [-0.4, -0.2) is 28.1 Å². The summed E-state index contributed by atoms with van der Waals surface area (Å²) in [6.45, 7) is 3.05. The van der Waals surface area contributed by atoms with E-state index in [-0.39, 0.29) is 6.61 Å². The second-order valence-corrected chi connectivity index (χ2v) is 5.39. The first kappa shape index (κ1) is 15.4. The molecule has 6 nitrogen and oxygen atoms in total. The summed E-state index contributed by atoms with van der Waals surface area (Å²) >= 11 is 6.89. The number of esters is 1. The van der Waals surface area contributed by atoms with Gasteiger partial charge in [0.2, 0.25) is 0 Å². The lowest BCUT2D eigenvalue weighted by molar-refractivity contribution is -0.119. The van der Waals surface area contributed by atoms with E-state index in [1.807, 2.05) is 0 Å². The van der Waals surface area contributed by atoms with E-state index < -0.39 is 11.9 Å². The van der Waals surface area contributed by atoms with Gasteiger partial charge in [-0.2, -0.15) is 0 Å². The van der Waals surface area contributed by atoms with Gasteiger partial charge in [-0.3, -0.25) is 4.79 Å². The molecule has 0 aliphatic heterocycles. The van der Waals surface area contributed by atoms with Crippen molar-refractivity contribution in [2.24, 2.45) is 0 Å². The molecule has 0 atom stereocenters. The Bertz CT molecular complexity index is 687. The highest BCUT2D eigenvalue weighted by molar-refractivity contribution is 7.07. The molecule has 1 aromatic heterocycles. The van der Waals surface area contributed by atoms with Gasteiger partial charge in [0, 0.05) is 10.7 Å². The number of nitrogens with zero attached hydrogens (tertiary/aromatic N) is 2. The molecule has 0 saturated heterocycles. The fraction of sp³-hybridized carbons (Fsp3) is 0.231. The molecular formula is C13H12ClN3O3S. The average molecular weight is 326 g/mol. The zero-order valence-electron chi connectivity index (χ0n) is 11.3. The van der Waals surface area contributed by atoms with E-state index in [0.29, 0.717) is 21.3 Å². The number of anilines is 1. The van der Waals surface area contributed by atoms with Crippen molar-refractivity contribution in [3.63, 3.8) is 0 Å². The van der Waals surface area contributed by atoms with Crippen molar-refractivity contribution in [2.75, 3.05) is 11.9 Å². The van der Waals surface area contributed by atoms with Crippen LogP contribution in [0.15, 0.2) is 18.2 Å². The molecular weight excluding hydrogens is 314 g/mol. The molecule has 0 aliphatic rings. The van der Waals surface area contributed by atoms with Crippen molar-refractivity contribution < 1.29 is 14.3 Å². The normalized spacial score (nSPS) is 10.2. The quantitative estimate of drug-likeness (QED) is 0.874. The Morgan fingerprint density at radius 1 is 1.38 bits per heavy atom. The van der Waals surface area contributed by atoms with Crippen LogP contribution in [0.1, 0.15) is 20.9 Å². The molecule has 1 heterocycles. The largest absolute Gasteiger partial charge is 0.451 e. The lowest BCUT2D eigenvalue weighted by Crippen LogP contribution is -2.21. The maximum absolute atomic E-state index is 11.8.